The van der Waals surface area contributed by atoms with Gasteiger partial charge in [0.2, 0.25) is 0 Å². The van der Waals surface area contributed by atoms with Crippen molar-refractivity contribution in [2.24, 2.45) is 0 Å². The van der Waals surface area contributed by atoms with Crippen molar-refractivity contribution in [1.82, 2.24) is 14.8 Å². The zero-order valence-corrected chi connectivity index (χ0v) is 31.9. The van der Waals surface area contributed by atoms with Crippen molar-refractivity contribution in [3.63, 3.8) is 0 Å². The standard InChI is InChI=1S/C39H58ClN3O10/c40-37-35-5-1-3-33(31-42-7-11-44-15-19-48-23-27-52-28-24-49-20-16-45-12-8-42)38(35)41-39-34(4-2-6-36(37)39)32-43-9-13-46-17-21-50-25-29-53-30-26-51-22-18-47-14-10-43/h1-6H,7-32H2. The number of pyridine rings is 1. The fraction of sp³-hybridized carbons (Fsp3) is 0.667. The van der Waals surface area contributed by atoms with E-state index in [4.69, 9.17) is 64.0 Å². The van der Waals surface area contributed by atoms with Crippen molar-refractivity contribution in [3.8, 4) is 0 Å². The number of benzene rings is 2. The molecule has 2 aliphatic heterocycles. The first-order chi connectivity index (χ1) is 26.3. The number of aromatic nitrogens is 1. The third-order valence-electron chi connectivity index (χ3n) is 8.91. The Hall–Kier alpha value is -2.08. The first-order valence-electron chi connectivity index (χ1n) is 19.0. The second kappa shape index (κ2) is 25.9. The maximum atomic E-state index is 7.19. The van der Waals surface area contributed by atoms with Gasteiger partial charge in [-0.25, -0.2) is 4.98 Å². The minimum atomic E-state index is 0.529. The highest BCUT2D eigenvalue weighted by atomic mass is 35.5. The van der Waals surface area contributed by atoms with Crippen LogP contribution in [0.3, 0.4) is 0 Å². The predicted molar refractivity (Wildman–Crippen MR) is 203 cm³/mol. The summed E-state index contributed by atoms with van der Waals surface area (Å²) >= 11 is 7.19. The van der Waals surface area contributed by atoms with Gasteiger partial charge >= 0.3 is 0 Å². The lowest BCUT2D eigenvalue weighted by Gasteiger charge is -2.24. The number of hydrogen-bond donors (Lipinski definition) is 0. The number of rotatable bonds is 4. The van der Waals surface area contributed by atoms with Gasteiger partial charge in [-0.15, -0.1) is 0 Å². The molecule has 0 aliphatic carbocycles. The molecule has 0 unspecified atom stereocenters. The van der Waals surface area contributed by atoms with E-state index in [2.05, 4.69) is 46.2 Å². The molecule has 0 bridgehead atoms. The molecular weight excluding hydrogens is 706 g/mol. The van der Waals surface area contributed by atoms with Crippen molar-refractivity contribution in [1.29, 1.82) is 0 Å². The SMILES string of the molecule is Clc1c2cccc(CN3CCOCCOCCOCCOCCOCC3)c2nc2c(CN3CCOCCOCCOCCOCCOCC3)cccc12. The van der Waals surface area contributed by atoms with Crippen molar-refractivity contribution in [2.45, 2.75) is 13.1 Å². The van der Waals surface area contributed by atoms with E-state index in [0.29, 0.717) is 150 Å². The second-order valence-electron chi connectivity index (χ2n) is 12.7. The molecule has 0 radical (unpaired) electrons. The molecule has 296 valence electrons. The van der Waals surface area contributed by atoms with Gasteiger partial charge < -0.3 is 47.4 Å². The second-order valence-corrected chi connectivity index (χ2v) is 13.1. The number of hydrogen-bond acceptors (Lipinski definition) is 13. The van der Waals surface area contributed by atoms with Crippen LogP contribution in [-0.4, -0.2) is 173 Å². The van der Waals surface area contributed by atoms with Gasteiger partial charge in [0.25, 0.3) is 0 Å². The summed E-state index contributed by atoms with van der Waals surface area (Å²) in [7, 11) is 0. The third kappa shape index (κ3) is 15.5. The zero-order chi connectivity index (χ0) is 36.6. The quantitative estimate of drug-likeness (QED) is 0.360. The van der Waals surface area contributed by atoms with Crippen LogP contribution in [0.25, 0.3) is 21.8 Å². The molecule has 1 aromatic heterocycles. The molecule has 0 spiro atoms. The van der Waals surface area contributed by atoms with E-state index in [0.717, 1.165) is 59.1 Å². The molecule has 2 fully saturated rings. The van der Waals surface area contributed by atoms with Crippen LogP contribution in [0.2, 0.25) is 5.02 Å². The fourth-order valence-corrected chi connectivity index (χ4v) is 6.38. The normalized spacial score (nSPS) is 21.4. The van der Waals surface area contributed by atoms with Crippen molar-refractivity contribution in [2.75, 3.05) is 158 Å². The first kappa shape index (κ1) is 42.1. The molecule has 0 saturated carbocycles. The Morgan fingerprint density at radius 2 is 0.660 bits per heavy atom. The summed E-state index contributed by atoms with van der Waals surface area (Å²) in [5.74, 6) is 0. The maximum absolute atomic E-state index is 7.19. The van der Waals surface area contributed by atoms with Gasteiger partial charge in [-0.2, -0.15) is 0 Å². The molecule has 3 aromatic rings. The fourth-order valence-electron chi connectivity index (χ4n) is 6.07. The average molecular weight is 764 g/mol. The van der Waals surface area contributed by atoms with E-state index in [1.165, 1.54) is 0 Å². The molecule has 13 nitrogen and oxygen atoms in total. The lowest BCUT2D eigenvalue weighted by molar-refractivity contribution is -0.0189. The summed E-state index contributed by atoms with van der Waals surface area (Å²) in [5, 5.41) is 2.59. The summed E-state index contributed by atoms with van der Waals surface area (Å²) in [4.78, 5) is 10.0. The van der Waals surface area contributed by atoms with Gasteiger partial charge in [0.05, 0.1) is 148 Å². The molecule has 0 atom stereocenters. The Morgan fingerprint density at radius 3 is 0.943 bits per heavy atom. The van der Waals surface area contributed by atoms with Gasteiger partial charge in [0, 0.05) is 50.0 Å². The first-order valence-corrected chi connectivity index (χ1v) is 19.4. The van der Waals surface area contributed by atoms with Crippen LogP contribution in [0.4, 0.5) is 0 Å². The summed E-state index contributed by atoms with van der Waals surface area (Å²) in [6.45, 7) is 15.1. The molecular formula is C39H58ClN3O10. The Labute approximate surface area is 318 Å². The predicted octanol–water partition coefficient (Wildman–Crippen LogP) is 3.84. The third-order valence-corrected chi connectivity index (χ3v) is 9.31. The highest BCUT2D eigenvalue weighted by Crippen LogP contribution is 2.34. The summed E-state index contributed by atoms with van der Waals surface area (Å²) < 4.78 is 57.3. The van der Waals surface area contributed by atoms with Gasteiger partial charge in [-0.05, 0) is 11.1 Å². The lowest BCUT2D eigenvalue weighted by Crippen LogP contribution is -2.31. The smallest absolute Gasteiger partial charge is 0.0769 e. The van der Waals surface area contributed by atoms with Crippen LogP contribution in [0.5, 0.6) is 0 Å². The summed E-state index contributed by atoms with van der Waals surface area (Å²) in [6.07, 6.45) is 0. The Kier molecular flexibility index (Phi) is 20.6. The van der Waals surface area contributed by atoms with Crippen LogP contribution < -0.4 is 0 Å². The Balaban J connectivity index is 1.29. The van der Waals surface area contributed by atoms with Crippen molar-refractivity contribution >= 4 is 33.4 Å². The van der Waals surface area contributed by atoms with E-state index in [1.807, 2.05) is 0 Å². The molecule has 5 rings (SSSR count). The average Bonchev–Trinajstić information content (AvgIpc) is 3.17. The van der Waals surface area contributed by atoms with Crippen molar-refractivity contribution < 1.29 is 47.4 Å². The van der Waals surface area contributed by atoms with Gasteiger partial charge in [-0.3, -0.25) is 9.80 Å². The number of para-hydroxylation sites is 2. The van der Waals surface area contributed by atoms with E-state index in [1.54, 1.807) is 0 Å². The lowest BCUT2D eigenvalue weighted by atomic mass is 10.0. The molecule has 2 saturated heterocycles. The Morgan fingerprint density at radius 1 is 0.396 bits per heavy atom. The molecule has 2 aromatic carbocycles. The number of nitrogens with zero attached hydrogens (tertiary/aromatic N) is 3. The van der Waals surface area contributed by atoms with Crippen LogP contribution >= 0.6 is 11.6 Å². The van der Waals surface area contributed by atoms with Crippen LogP contribution in [0.1, 0.15) is 11.1 Å². The van der Waals surface area contributed by atoms with E-state index in [-0.39, 0.29) is 0 Å². The van der Waals surface area contributed by atoms with Crippen molar-refractivity contribution in [3.05, 3.63) is 52.5 Å². The number of halogens is 1. The molecule has 0 N–H and O–H groups in total. The molecule has 14 heteroatoms. The zero-order valence-electron chi connectivity index (χ0n) is 31.2. The summed E-state index contributed by atoms with van der Waals surface area (Å²) in [6, 6.07) is 12.5. The Bertz CT molecular complexity index is 1300. The van der Waals surface area contributed by atoms with Gasteiger partial charge in [0.1, 0.15) is 0 Å². The maximum Gasteiger partial charge on any atom is 0.0769 e. The molecule has 3 heterocycles. The largest absolute Gasteiger partial charge is 0.378 e. The van der Waals surface area contributed by atoms with Crippen LogP contribution in [0.15, 0.2) is 36.4 Å². The van der Waals surface area contributed by atoms with Crippen LogP contribution in [0, 0.1) is 0 Å². The van der Waals surface area contributed by atoms with E-state index >= 15 is 0 Å². The minimum absolute atomic E-state index is 0.529. The molecule has 53 heavy (non-hydrogen) atoms. The number of fused-ring (bicyclic) bond motifs is 2. The van der Waals surface area contributed by atoms with E-state index in [9.17, 15) is 0 Å². The number of ether oxygens (including phenoxy) is 10. The summed E-state index contributed by atoms with van der Waals surface area (Å²) in [5.41, 5.74) is 4.01. The molecule has 2 aliphatic rings. The van der Waals surface area contributed by atoms with Gasteiger partial charge in [-0.1, -0.05) is 48.0 Å². The highest BCUT2D eigenvalue weighted by molar-refractivity contribution is 6.40. The molecule has 0 amide bonds. The monoisotopic (exact) mass is 763 g/mol. The van der Waals surface area contributed by atoms with E-state index < -0.39 is 0 Å². The highest BCUT2D eigenvalue weighted by Gasteiger charge is 2.17. The topological polar surface area (TPSA) is 112 Å². The minimum Gasteiger partial charge on any atom is -0.378 e. The van der Waals surface area contributed by atoms with Gasteiger partial charge in [0.15, 0.2) is 0 Å². The van der Waals surface area contributed by atoms with Crippen LogP contribution in [-0.2, 0) is 60.5 Å².